The average molecular weight is 353 g/mol. The van der Waals surface area contributed by atoms with E-state index < -0.39 is 0 Å². The third-order valence-electron chi connectivity index (χ3n) is 5.31. The largest absolute Gasteiger partial charge is 0.346 e. The van der Waals surface area contributed by atoms with Gasteiger partial charge in [0.1, 0.15) is 5.65 Å². The van der Waals surface area contributed by atoms with E-state index in [0.29, 0.717) is 0 Å². The van der Waals surface area contributed by atoms with E-state index in [1.807, 2.05) is 56.6 Å². The zero-order chi connectivity index (χ0) is 18.6. The number of nitrogens with zero attached hydrogens (tertiary/aromatic N) is 1. The lowest BCUT2D eigenvalue weighted by atomic mass is 9.91. The Balaban J connectivity index is 1.67. The van der Waals surface area contributed by atoms with Crippen LogP contribution in [0.5, 0.6) is 0 Å². The fourth-order valence-electron chi connectivity index (χ4n) is 3.88. The number of pyridine rings is 1. The van der Waals surface area contributed by atoms with Crippen LogP contribution in [0.15, 0.2) is 67.0 Å². The molecule has 2 N–H and O–H groups in total. The quantitative estimate of drug-likeness (QED) is 0.540. The Hall–Kier alpha value is -3.40. The molecule has 4 nitrogen and oxygen atoms in total. The van der Waals surface area contributed by atoms with Gasteiger partial charge in [0.05, 0.1) is 5.54 Å². The summed E-state index contributed by atoms with van der Waals surface area (Å²) >= 11 is 0. The van der Waals surface area contributed by atoms with Crippen molar-refractivity contribution >= 4 is 16.9 Å². The molecule has 0 saturated carbocycles. The fourth-order valence-corrected chi connectivity index (χ4v) is 3.88. The molecule has 1 aliphatic heterocycles. The second-order valence-electron chi connectivity index (χ2n) is 7.53. The smallest absolute Gasteiger partial charge is 0.252 e. The average Bonchev–Trinajstić information content (AvgIpc) is 3.20. The van der Waals surface area contributed by atoms with Gasteiger partial charge in [0.15, 0.2) is 0 Å². The monoisotopic (exact) mass is 353 g/mol. The molecule has 4 aromatic rings. The van der Waals surface area contributed by atoms with Crippen LogP contribution in [0.2, 0.25) is 0 Å². The molecule has 132 valence electrons. The van der Waals surface area contributed by atoms with Gasteiger partial charge in [-0.15, -0.1) is 0 Å². The van der Waals surface area contributed by atoms with E-state index in [9.17, 15) is 4.79 Å². The normalized spacial score (nSPS) is 15.0. The number of aromatic amines is 1. The van der Waals surface area contributed by atoms with Crippen molar-refractivity contribution in [3.63, 3.8) is 0 Å². The van der Waals surface area contributed by atoms with Crippen LogP contribution in [0.4, 0.5) is 0 Å². The molecule has 5 rings (SSSR count). The summed E-state index contributed by atoms with van der Waals surface area (Å²) in [6.45, 7) is 4.07. The first-order valence-electron chi connectivity index (χ1n) is 9.03. The second kappa shape index (κ2) is 5.55. The molecule has 0 radical (unpaired) electrons. The maximum Gasteiger partial charge on any atom is 0.252 e. The SMILES string of the molecule is CC1(C)NC(=O)c2ccc(-c3c[nH]c4ncc(-c5ccccc5)cc34)cc21. The van der Waals surface area contributed by atoms with Crippen molar-refractivity contribution in [2.24, 2.45) is 0 Å². The zero-order valence-electron chi connectivity index (χ0n) is 15.2. The maximum atomic E-state index is 12.2. The molecule has 0 atom stereocenters. The number of carbonyl (C=O) groups excluding carboxylic acids is 1. The van der Waals surface area contributed by atoms with E-state index in [4.69, 9.17) is 0 Å². The highest BCUT2D eigenvalue weighted by atomic mass is 16.2. The van der Waals surface area contributed by atoms with Crippen LogP contribution in [-0.2, 0) is 5.54 Å². The highest BCUT2D eigenvalue weighted by Gasteiger charge is 2.35. The standard InChI is InChI=1S/C23H19N3O/c1-23(2)20-11-15(8-9-17(20)22(27)26-23)19-13-25-21-18(19)10-16(12-24-21)14-6-4-3-5-7-14/h3-13H,1-2H3,(H,24,25)(H,26,27). The minimum absolute atomic E-state index is 0.00601. The van der Waals surface area contributed by atoms with Crippen LogP contribution >= 0.6 is 0 Å². The number of rotatable bonds is 2. The summed E-state index contributed by atoms with van der Waals surface area (Å²) in [5.41, 5.74) is 6.69. The van der Waals surface area contributed by atoms with Crippen molar-refractivity contribution in [3.05, 3.63) is 78.1 Å². The predicted molar refractivity (Wildman–Crippen MR) is 107 cm³/mol. The summed E-state index contributed by atoms with van der Waals surface area (Å²) in [7, 11) is 0. The molecule has 0 fully saturated rings. The Morgan fingerprint density at radius 3 is 2.52 bits per heavy atom. The number of benzene rings is 2. The molecule has 27 heavy (non-hydrogen) atoms. The number of hydrogen-bond donors (Lipinski definition) is 2. The van der Waals surface area contributed by atoms with Gasteiger partial charge in [-0.3, -0.25) is 4.79 Å². The molecule has 2 aromatic carbocycles. The van der Waals surface area contributed by atoms with Gasteiger partial charge in [-0.2, -0.15) is 0 Å². The van der Waals surface area contributed by atoms with Crippen molar-refractivity contribution in [3.8, 4) is 22.3 Å². The molecule has 0 unspecified atom stereocenters. The van der Waals surface area contributed by atoms with E-state index in [-0.39, 0.29) is 11.4 Å². The lowest BCUT2D eigenvalue weighted by Crippen LogP contribution is -2.32. The maximum absolute atomic E-state index is 12.2. The van der Waals surface area contributed by atoms with Crippen molar-refractivity contribution in [1.82, 2.24) is 15.3 Å². The number of aromatic nitrogens is 2. The second-order valence-corrected chi connectivity index (χ2v) is 7.53. The minimum Gasteiger partial charge on any atom is -0.346 e. The Morgan fingerprint density at radius 1 is 0.889 bits per heavy atom. The zero-order valence-corrected chi connectivity index (χ0v) is 15.2. The number of amides is 1. The Morgan fingerprint density at radius 2 is 1.70 bits per heavy atom. The van der Waals surface area contributed by atoms with E-state index in [1.165, 1.54) is 0 Å². The summed E-state index contributed by atoms with van der Waals surface area (Å²) in [5, 5.41) is 4.12. The molecule has 4 heteroatoms. The van der Waals surface area contributed by atoms with Crippen molar-refractivity contribution in [2.45, 2.75) is 19.4 Å². The Labute approximate surface area is 157 Å². The van der Waals surface area contributed by atoms with Crippen LogP contribution < -0.4 is 5.32 Å². The lowest BCUT2D eigenvalue weighted by Gasteiger charge is -2.19. The topological polar surface area (TPSA) is 57.8 Å². The number of nitrogens with one attached hydrogen (secondary N) is 2. The minimum atomic E-state index is -0.359. The first kappa shape index (κ1) is 15.8. The fraction of sp³-hybridized carbons (Fsp3) is 0.130. The van der Waals surface area contributed by atoms with Crippen LogP contribution in [0, 0.1) is 0 Å². The molecule has 3 heterocycles. The highest BCUT2D eigenvalue weighted by molar-refractivity contribution is 6.02. The van der Waals surface area contributed by atoms with Crippen LogP contribution in [0.3, 0.4) is 0 Å². The summed E-state index contributed by atoms with van der Waals surface area (Å²) in [4.78, 5) is 20.0. The summed E-state index contributed by atoms with van der Waals surface area (Å²) in [6.07, 6.45) is 3.89. The van der Waals surface area contributed by atoms with Gasteiger partial charge in [0, 0.05) is 34.5 Å². The Kier molecular flexibility index (Phi) is 3.25. The van der Waals surface area contributed by atoms with E-state index >= 15 is 0 Å². The van der Waals surface area contributed by atoms with Gasteiger partial charge in [-0.05, 0) is 48.7 Å². The van der Waals surface area contributed by atoms with Gasteiger partial charge in [0.2, 0.25) is 0 Å². The predicted octanol–water partition coefficient (Wildman–Crippen LogP) is 4.88. The van der Waals surface area contributed by atoms with Gasteiger partial charge < -0.3 is 10.3 Å². The first-order chi connectivity index (χ1) is 13.0. The van der Waals surface area contributed by atoms with Crippen LogP contribution in [-0.4, -0.2) is 15.9 Å². The van der Waals surface area contributed by atoms with Crippen LogP contribution in [0.25, 0.3) is 33.3 Å². The molecule has 0 saturated heterocycles. The molecule has 0 bridgehead atoms. The summed E-state index contributed by atoms with van der Waals surface area (Å²) in [5.74, 6) is -0.00601. The highest BCUT2D eigenvalue weighted by Crippen LogP contribution is 2.36. The van der Waals surface area contributed by atoms with Gasteiger partial charge >= 0.3 is 0 Å². The molecule has 0 aliphatic carbocycles. The van der Waals surface area contributed by atoms with E-state index in [2.05, 4.69) is 39.6 Å². The third kappa shape index (κ3) is 2.45. The molecule has 2 aromatic heterocycles. The molecular formula is C23H19N3O. The number of carbonyl (C=O) groups is 1. The number of fused-ring (bicyclic) bond motifs is 2. The third-order valence-corrected chi connectivity index (χ3v) is 5.31. The summed E-state index contributed by atoms with van der Waals surface area (Å²) < 4.78 is 0. The Bertz CT molecular complexity index is 1190. The van der Waals surface area contributed by atoms with E-state index in [0.717, 1.165) is 44.4 Å². The molecule has 1 aliphatic rings. The molecule has 1 amide bonds. The van der Waals surface area contributed by atoms with Crippen molar-refractivity contribution in [2.75, 3.05) is 0 Å². The van der Waals surface area contributed by atoms with Crippen molar-refractivity contribution < 1.29 is 4.79 Å². The van der Waals surface area contributed by atoms with Gasteiger partial charge in [-0.25, -0.2) is 4.98 Å². The van der Waals surface area contributed by atoms with Crippen LogP contribution in [0.1, 0.15) is 29.8 Å². The lowest BCUT2D eigenvalue weighted by molar-refractivity contribution is 0.0940. The summed E-state index contributed by atoms with van der Waals surface area (Å²) in [6, 6.07) is 18.5. The van der Waals surface area contributed by atoms with Gasteiger partial charge in [-0.1, -0.05) is 36.4 Å². The van der Waals surface area contributed by atoms with E-state index in [1.54, 1.807) is 0 Å². The van der Waals surface area contributed by atoms with Gasteiger partial charge in [0.25, 0.3) is 5.91 Å². The number of hydrogen-bond acceptors (Lipinski definition) is 2. The molecular weight excluding hydrogens is 334 g/mol. The van der Waals surface area contributed by atoms with Crippen molar-refractivity contribution in [1.29, 1.82) is 0 Å². The first-order valence-corrected chi connectivity index (χ1v) is 9.03. The number of H-pyrrole nitrogens is 1. The molecule has 0 spiro atoms.